The Balaban J connectivity index is 1.58. The number of piperazine rings is 1. The largest absolute Gasteiger partial charge is 0.497 e. The van der Waals surface area contributed by atoms with Crippen LogP contribution < -0.4 is 9.64 Å². The minimum Gasteiger partial charge on any atom is -0.497 e. The van der Waals surface area contributed by atoms with E-state index in [1.54, 1.807) is 7.11 Å². The molecule has 7 heteroatoms. The number of benzene rings is 1. The van der Waals surface area contributed by atoms with E-state index in [9.17, 15) is 10.1 Å². The van der Waals surface area contributed by atoms with Crippen molar-refractivity contribution >= 4 is 11.7 Å². The average Bonchev–Trinajstić information content (AvgIpc) is 2.82. The van der Waals surface area contributed by atoms with Crippen LogP contribution in [0.3, 0.4) is 0 Å². The van der Waals surface area contributed by atoms with Gasteiger partial charge in [0.05, 0.1) is 37.0 Å². The number of carbonyl (C=O) groups excluding carboxylic acids is 1. The van der Waals surface area contributed by atoms with Crippen molar-refractivity contribution in [2.45, 2.75) is 71.6 Å². The third-order valence-corrected chi connectivity index (χ3v) is 7.03. The van der Waals surface area contributed by atoms with Gasteiger partial charge in [-0.25, -0.2) is 4.98 Å². The van der Waals surface area contributed by atoms with Crippen LogP contribution in [0.5, 0.6) is 5.75 Å². The quantitative estimate of drug-likeness (QED) is 0.643. The van der Waals surface area contributed by atoms with Crippen molar-refractivity contribution in [1.82, 2.24) is 9.88 Å². The summed E-state index contributed by atoms with van der Waals surface area (Å²) in [5.74, 6) is 1.83. The Morgan fingerprint density at radius 1 is 1.31 bits per heavy atom. The van der Waals surface area contributed by atoms with Crippen molar-refractivity contribution in [2.24, 2.45) is 0 Å². The summed E-state index contributed by atoms with van der Waals surface area (Å²) in [6.07, 6.45) is 1.03. The summed E-state index contributed by atoms with van der Waals surface area (Å²) >= 11 is 0. The maximum Gasteiger partial charge on any atom is 0.227 e. The number of carbonyl (C=O) groups is 1. The molecule has 186 valence electrons. The van der Waals surface area contributed by atoms with Gasteiger partial charge in [0.1, 0.15) is 17.6 Å². The van der Waals surface area contributed by atoms with Gasteiger partial charge in [-0.1, -0.05) is 26.0 Å². The van der Waals surface area contributed by atoms with Crippen molar-refractivity contribution in [3.05, 3.63) is 52.2 Å². The first-order valence-electron chi connectivity index (χ1n) is 12.4. The van der Waals surface area contributed by atoms with Gasteiger partial charge >= 0.3 is 0 Å². The molecule has 0 aliphatic carbocycles. The standard InChI is InChI=1S/C28H36N4O3/c1-18(2)26-24-17-35-28(4,5)14-22(24)23(15-29)27(30-26)31-10-11-32(19(3)16-31)25(33)13-20-8-7-9-21(12-20)34-6/h7-9,12,18-19H,10-11,13-14,16-17H2,1-6H3. The van der Waals surface area contributed by atoms with Crippen LogP contribution >= 0.6 is 0 Å². The predicted octanol–water partition coefficient (Wildman–Crippen LogP) is 4.22. The van der Waals surface area contributed by atoms with E-state index in [-0.39, 0.29) is 23.5 Å². The number of nitriles is 1. The zero-order valence-corrected chi connectivity index (χ0v) is 21.7. The molecule has 3 heterocycles. The van der Waals surface area contributed by atoms with Crippen LogP contribution in [-0.2, 0) is 29.0 Å². The minimum absolute atomic E-state index is 0.00788. The first kappa shape index (κ1) is 25.0. The van der Waals surface area contributed by atoms with Gasteiger partial charge in [-0.05, 0) is 49.9 Å². The van der Waals surface area contributed by atoms with Crippen LogP contribution in [0, 0.1) is 11.3 Å². The molecule has 1 saturated heterocycles. The number of methoxy groups -OCH3 is 1. The number of anilines is 1. The maximum atomic E-state index is 13.1. The highest BCUT2D eigenvalue weighted by atomic mass is 16.5. The Morgan fingerprint density at radius 3 is 2.74 bits per heavy atom. The van der Waals surface area contributed by atoms with Gasteiger partial charge in [-0.15, -0.1) is 0 Å². The third kappa shape index (κ3) is 5.13. The normalized spacial score (nSPS) is 19.3. The number of aromatic nitrogens is 1. The molecule has 1 amide bonds. The summed E-state index contributed by atoms with van der Waals surface area (Å²) in [5.41, 5.74) is 4.43. The molecular weight excluding hydrogens is 440 g/mol. The zero-order valence-electron chi connectivity index (χ0n) is 21.7. The minimum atomic E-state index is -0.315. The Morgan fingerprint density at radius 2 is 2.09 bits per heavy atom. The predicted molar refractivity (Wildman–Crippen MR) is 136 cm³/mol. The number of pyridine rings is 1. The number of hydrogen-bond donors (Lipinski definition) is 0. The van der Waals surface area contributed by atoms with E-state index in [0.717, 1.165) is 34.0 Å². The van der Waals surface area contributed by atoms with E-state index in [0.29, 0.717) is 44.6 Å². The highest BCUT2D eigenvalue weighted by molar-refractivity contribution is 5.79. The fraction of sp³-hybridized carbons (Fsp3) is 0.536. The fourth-order valence-corrected chi connectivity index (χ4v) is 5.18. The molecule has 0 bridgehead atoms. The molecule has 2 aliphatic rings. The topological polar surface area (TPSA) is 78.7 Å². The third-order valence-electron chi connectivity index (χ3n) is 7.03. The second kappa shape index (κ2) is 9.87. The van der Waals surface area contributed by atoms with Gasteiger partial charge in [-0.2, -0.15) is 5.26 Å². The van der Waals surface area contributed by atoms with Crippen LogP contribution in [0.15, 0.2) is 24.3 Å². The summed E-state index contributed by atoms with van der Waals surface area (Å²) in [7, 11) is 1.63. The number of ether oxygens (including phenoxy) is 2. The summed E-state index contributed by atoms with van der Waals surface area (Å²) in [4.78, 5) is 22.3. The lowest BCUT2D eigenvalue weighted by Crippen LogP contribution is -2.55. The molecule has 1 aromatic carbocycles. The van der Waals surface area contributed by atoms with E-state index in [2.05, 4.69) is 45.6 Å². The van der Waals surface area contributed by atoms with Gasteiger partial charge in [0, 0.05) is 37.7 Å². The molecule has 4 rings (SSSR count). The number of rotatable bonds is 5. The fourth-order valence-electron chi connectivity index (χ4n) is 5.18. The van der Waals surface area contributed by atoms with Crippen LogP contribution in [0.25, 0.3) is 0 Å². The summed E-state index contributed by atoms with van der Waals surface area (Å²) in [5, 5.41) is 10.2. The zero-order chi connectivity index (χ0) is 25.3. The lowest BCUT2D eigenvalue weighted by atomic mass is 9.86. The Hall–Kier alpha value is -3.11. The van der Waals surface area contributed by atoms with Crippen molar-refractivity contribution in [3.8, 4) is 11.8 Å². The molecule has 0 radical (unpaired) electrons. The van der Waals surface area contributed by atoms with Crippen LogP contribution in [0.1, 0.15) is 68.5 Å². The number of fused-ring (bicyclic) bond motifs is 1. The monoisotopic (exact) mass is 476 g/mol. The Bertz CT molecular complexity index is 1150. The molecule has 0 spiro atoms. The maximum absolute atomic E-state index is 13.1. The lowest BCUT2D eigenvalue weighted by molar-refractivity contribution is -0.132. The van der Waals surface area contributed by atoms with Gasteiger partial charge in [0.15, 0.2) is 0 Å². The molecule has 1 unspecified atom stereocenters. The molecule has 0 N–H and O–H groups in total. The number of nitrogens with zero attached hydrogens (tertiary/aromatic N) is 4. The SMILES string of the molecule is COc1cccc(CC(=O)N2CCN(c3nc(C(C)C)c4c(c3C#N)CC(C)(C)OC4)CC2C)c1. The van der Waals surface area contributed by atoms with Gasteiger partial charge in [0.2, 0.25) is 5.91 Å². The van der Waals surface area contributed by atoms with Crippen LogP contribution in [0.2, 0.25) is 0 Å². The molecule has 0 saturated carbocycles. The highest BCUT2D eigenvalue weighted by Gasteiger charge is 2.35. The Labute approximate surface area is 208 Å². The van der Waals surface area contributed by atoms with Crippen molar-refractivity contribution < 1.29 is 14.3 Å². The van der Waals surface area contributed by atoms with Gasteiger partial charge in [-0.3, -0.25) is 4.79 Å². The van der Waals surface area contributed by atoms with Crippen molar-refractivity contribution in [3.63, 3.8) is 0 Å². The van der Waals surface area contributed by atoms with Crippen molar-refractivity contribution in [2.75, 3.05) is 31.6 Å². The van der Waals surface area contributed by atoms with Crippen LogP contribution in [0.4, 0.5) is 5.82 Å². The van der Waals surface area contributed by atoms with E-state index in [1.165, 1.54) is 0 Å². The average molecular weight is 477 g/mol. The second-order valence-corrected chi connectivity index (χ2v) is 10.6. The molecule has 1 fully saturated rings. The summed E-state index contributed by atoms with van der Waals surface area (Å²) < 4.78 is 11.4. The van der Waals surface area contributed by atoms with Gasteiger partial charge in [0.25, 0.3) is 0 Å². The first-order chi connectivity index (χ1) is 16.6. The highest BCUT2D eigenvalue weighted by Crippen LogP contribution is 2.38. The van der Waals surface area contributed by atoms with E-state index < -0.39 is 0 Å². The van der Waals surface area contributed by atoms with E-state index >= 15 is 0 Å². The number of hydrogen-bond acceptors (Lipinski definition) is 6. The summed E-state index contributed by atoms with van der Waals surface area (Å²) in [6.45, 7) is 12.8. The van der Waals surface area contributed by atoms with E-state index in [1.807, 2.05) is 29.2 Å². The second-order valence-electron chi connectivity index (χ2n) is 10.6. The molecular formula is C28H36N4O3. The molecule has 7 nitrogen and oxygen atoms in total. The lowest BCUT2D eigenvalue weighted by Gasteiger charge is -2.42. The first-order valence-corrected chi connectivity index (χ1v) is 12.4. The molecule has 1 atom stereocenters. The van der Waals surface area contributed by atoms with Gasteiger partial charge < -0.3 is 19.3 Å². The molecule has 2 aliphatic heterocycles. The Kier molecular flexibility index (Phi) is 7.05. The van der Waals surface area contributed by atoms with Crippen molar-refractivity contribution in [1.29, 1.82) is 5.26 Å². The van der Waals surface area contributed by atoms with E-state index in [4.69, 9.17) is 14.5 Å². The molecule has 2 aromatic rings. The molecule has 1 aromatic heterocycles. The molecule has 35 heavy (non-hydrogen) atoms. The smallest absolute Gasteiger partial charge is 0.227 e. The van der Waals surface area contributed by atoms with Crippen LogP contribution in [-0.4, -0.2) is 54.2 Å². The summed E-state index contributed by atoms with van der Waals surface area (Å²) in [6, 6.07) is 10.1. The number of amides is 1.